The van der Waals surface area contributed by atoms with Crippen LogP contribution in [0.4, 0.5) is 0 Å². The number of phenolic OH excluding ortho intramolecular Hbond substituents is 1. The van der Waals surface area contributed by atoms with Crippen molar-refractivity contribution in [1.82, 2.24) is 19.8 Å². The van der Waals surface area contributed by atoms with Crippen LogP contribution in [-0.2, 0) is 0 Å². The molecule has 1 amide bonds. The minimum Gasteiger partial charge on any atom is -0.508 e. The van der Waals surface area contributed by atoms with E-state index in [0.717, 1.165) is 37.2 Å². The van der Waals surface area contributed by atoms with Crippen LogP contribution >= 0.6 is 0 Å². The number of aromatic hydroxyl groups is 1. The molecule has 4 aliphatic rings. The van der Waals surface area contributed by atoms with Gasteiger partial charge in [0.25, 0.3) is 5.91 Å². The van der Waals surface area contributed by atoms with Gasteiger partial charge in [0, 0.05) is 24.2 Å². The van der Waals surface area contributed by atoms with Gasteiger partial charge in [-0.2, -0.15) is 0 Å². The Kier molecular flexibility index (Phi) is 4.12. The molecule has 1 aromatic carbocycles. The van der Waals surface area contributed by atoms with Gasteiger partial charge in [0.05, 0.1) is 6.04 Å². The number of aromatic nitrogens is 2. The first kappa shape index (κ1) is 17.6. The third-order valence-corrected chi connectivity index (χ3v) is 6.74. The number of hydrogen-bond acceptors (Lipinski definition) is 5. The highest BCUT2D eigenvalue weighted by Crippen LogP contribution is 2.47. The van der Waals surface area contributed by atoms with Crippen molar-refractivity contribution >= 4 is 5.91 Å². The number of carbonyl (C=O) groups is 1. The smallest absolute Gasteiger partial charge is 0.272 e. The zero-order valence-electron chi connectivity index (χ0n) is 16.4. The normalized spacial score (nSPS) is 31.1. The van der Waals surface area contributed by atoms with E-state index in [-0.39, 0.29) is 23.6 Å². The molecule has 0 saturated carbocycles. The molecule has 6 nitrogen and oxygen atoms in total. The van der Waals surface area contributed by atoms with Crippen LogP contribution in [0.5, 0.6) is 5.75 Å². The minimum absolute atomic E-state index is 0.0139. The van der Waals surface area contributed by atoms with Crippen molar-refractivity contribution in [3.63, 3.8) is 0 Å². The lowest BCUT2D eigenvalue weighted by Crippen LogP contribution is -2.60. The zero-order chi connectivity index (χ0) is 19.4. The van der Waals surface area contributed by atoms with E-state index in [9.17, 15) is 9.90 Å². The van der Waals surface area contributed by atoms with E-state index in [2.05, 4.69) is 25.8 Å². The highest BCUT2D eigenvalue weighted by Gasteiger charge is 2.54. The summed E-state index contributed by atoms with van der Waals surface area (Å²) in [7, 11) is 0. The summed E-state index contributed by atoms with van der Waals surface area (Å²) in [5, 5.41) is 10.0. The summed E-state index contributed by atoms with van der Waals surface area (Å²) < 4.78 is 0. The summed E-state index contributed by atoms with van der Waals surface area (Å²) in [4.78, 5) is 26.9. The largest absolute Gasteiger partial charge is 0.508 e. The number of hydrogen-bond donors (Lipinski definition) is 1. The second kappa shape index (κ2) is 6.55. The Labute approximate surface area is 165 Å². The molecule has 1 aromatic heterocycles. The highest BCUT2D eigenvalue weighted by atomic mass is 16.3. The predicted molar refractivity (Wildman–Crippen MR) is 105 cm³/mol. The van der Waals surface area contributed by atoms with Gasteiger partial charge in [0.15, 0.2) is 0 Å². The highest BCUT2D eigenvalue weighted by molar-refractivity contribution is 5.93. The summed E-state index contributed by atoms with van der Waals surface area (Å²) in [6.45, 7) is 6.62. The third kappa shape index (κ3) is 2.78. The third-order valence-electron chi connectivity index (χ3n) is 6.74. The molecule has 0 spiro atoms. The first-order valence-electron chi connectivity index (χ1n) is 10.2. The van der Waals surface area contributed by atoms with Gasteiger partial charge < -0.3 is 10.0 Å². The molecule has 0 aliphatic carbocycles. The Morgan fingerprint density at radius 1 is 1.11 bits per heavy atom. The molecule has 6 rings (SSSR count). The zero-order valence-corrected chi connectivity index (χ0v) is 16.4. The van der Waals surface area contributed by atoms with Crippen LogP contribution < -0.4 is 0 Å². The van der Waals surface area contributed by atoms with E-state index < -0.39 is 0 Å². The Bertz CT molecular complexity index is 902. The Hall–Kier alpha value is -2.47. The first-order valence-corrected chi connectivity index (χ1v) is 10.2. The van der Waals surface area contributed by atoms with E-state index in [1.165, 1.54) is 0 Å². The quantitative estimate of drug-likeness (QED) is 0.870. The van der Waals surface area contributed by atoms with Crippen molar-refractivity contribution in [2.24, 2.45) is 5.92 Å². The number of amides is 1. The van der Waals surface area contributed by atoms with E-state index >= 15 is 0 Å². The van der Waals surface area contributed by atoms with Crippen LogP contribution in [0.2, 0.25) is 0 Å². The SMILES string of the molecule is Cc1cc(C(=O)N2C[C@@H](c3cccc(O)c3)[C@@H]3[C@H]2C2CCN3CC2)nc(C)n1. The fourth-order valence-corrected chi connectivity index (χ4v) is 5.68. The second-order valence-corrected chi connectivity index (χ2v) is 8.46. The van der Waals surface area contributed by atoms with E-state index in [4.69, 9.17) is 0 Å². The maximum Gasteiger partial charge on any atom is 0.272 e. The molecule has 146 valence electrons. The molecule has 0 unspecified atom stereocenters. The molecule has 4 aliphatic heterocycles. The Morgan fingerprint density at radius 3 is 2.61 bits per heavy atom. The standard InChI is InChI=1S/C22H26N4O2/c1-13-10-19(24-14(2)23-13)22(28)26-12-18(16-4-3-5-17(27)11-16)21-20(26)15-6-8-25(21)9-7-15/h3-5,10-11,15,18,20-21,27H,6-9,12H2,1-2H3/t18-,20+,21+/m0/s1. The van der Waals surface area contributed by atoms with Crippen LogP contribution in [0.1, 0.15) is 46.3 Å². The molecule has 4 fully saturated rings. The number of nitrogens with zero attached hydrogens (tertiary/aromatic N) is 4. The number of likely N-dealkylation sites (tertiary alicyclic amines) is 1. The second-order valence-electron chi connectivity index (χ2n) is 8.46. The summed E-state index contributed by atoms with van der Waals surface area (Å²) >= 11 is 0. The lowest BCUT2D eigenvalue weighted by atomic mass is 9.75. The average Bonchev–Trinajstić information content (AvgIpc) is 3.10. The molecule has 4 saturated heterocycles. The van der Waals surface area contributed by atoms with Gasteiger partial charge in [-0.15, -0.1) is 0 Å². The number of carbonyl (C=O) groups excluding carboxylic acids is 1. The van der Waals surface area contributed by atoms with Crippen molar-refractivity contribution in [2.75, 3.05) is 19.6 Å². The Morgan fingerprint density at radius 2 is 1.89 bits per heavy atom. The first-order chi connectivity index (χ1) is 13.5. The number of phenols is 1. The maximum atomic E-state index is 13.5. The number of aryl methyl sites for hydroxylation is 2. The predicted octanol–water partition coefficient (Wildman–Crippen LogP) is 2.50. The van der Waals surface area contributed by atoms with Crippen molar-refractivity contribution in [3.05, 3.63) is 53.1 Å². The minimum atomic E-state index is 0.0139. The van der Waals surface area contributed by atoms with E-state index in [1.807, 2.05) is 26.0 Å². The molecule has 3 atom stereocenters. The summed E-state index contributed by atoms with van der Waals surface area (Å²) in [6, 6.07) is 9.89. The lowest BCUT2D eigenvalue weighted by molar-refractivity contribution is -0.00360. The average molecular weight is 378 g/mol. The van der Waals surface area contributed by atoms with Crippen LogP contribution in [0.25, 0.3) is 0 Å². The van der Waals surface area contributed by atoms with Crippen molar-refractivity contribution in [2.45, 2.75) is 44.7 Å². The Balaban J connectivity index is 1.54. The van der Waals surface area contributed by atoms with Crippen molar-refractivity contribution in [1.29, 1.82) is 0 Å². The van der Waals surface area contributed by atoms with Gasteiger partial charge in [0.1, 0.15) is 17.3 Å². The van der Waals surface area contributed by atoms with Crippen LogP contribution in [-0.4, -0.2) is 62.5 Å². The summed E-state index contributed by atoms with van der Waals surface area (Å²) in [5.41, 5.74) is 2.44. The molecule has 0 radical (unpaired) electrons. The number of piperidine rings is 3. The molecule has 2 aromatic rings. The number of benzene rings is 1. The van der Waals surface area contributed by atoms with Gasteiger partial charge in [-0.25, -0.2) is 9.97 Å². The van der Waals surface area contributed by atoms with Crippen molar-refractivity contribution in [3.8, 4) is 5.75 Å². The fraction of sp³-hybridized carbons (Fsp3) is 0.500. The van der Waals surface area contributed by atoms with Crippen LogP contribution in [0.15, 0.2) is 30.3 Å². The maximum absolute atomic E-state index is 13.5. The molecule has 6 heteroatoms. The number of rotatable bonds is 2. The number of fused-ring (bicyclic) bond motifs is 2. The molecule has 1 N–H and O–H groups in total. The van der Waals surface area contributed by atoms with Gasteiger partial charge in [-0.05, 0) is 69.5 Å². The molecular weight excluding hydrogens is 352 g/mol. The molecular formula is C22H26N4O2. The molecule has 5 heterocycles. The topological polar surface area (TPSA) is 69.6 Å². The van der Waals surface area contributed by atoms with E-state index in [0.29, 0.717) is 30.0 Å². The molecule has 28 heavy (non-hydrogen) atoms. The molecule has 2 bridgehead atoms. The van der Waals surface area contributed by atoms with Gasteiger partial charge in [-0.3, -0.25) is 9.69 Å². The summed E-state index contributed by atoms with van der Waals surface area (Å²) in [5.74, 6) is 1.70. The van der Waals surface area contributed by atoms with Crippen LogP contribution in [0.3, 0.4) is 0 Å². The lowest BCUT2D eigenvalue weighted by Gasteiger charge is -2.51. The van der Waals surface area contributed by atoms with Gasteiger partial charge in [-0.1, -0.05) is 12.1 Å². The summed E-state index contributed by atoms with van der Waals surface area (Å²) in [6.07, 6.45) is 2.30. The van der Waals surface area contributed by atoms with Crippen LogP contribution in [0, 0.1) is 19.8 Å². The monoisotopic (exact) mass is 378 g/mol. The van der Waals surface area contributed by atoms with Crippen molar-refractivity contribution < 1.29 is 9.90 Å². The van der Waals surface area contributed by atoms with Gasteiger partial charge in [0.2, 0.25) is 0 Å². The van der Waals surface area contributed by atoms with Gasteiger partial charge >= 0.3 is 0 Å². The van der Waals surface area contributed by atoms with E-state index in [1.54, 1.807) is 12.1 Å². The fourth-order valence-electron chi connectivity index (χ4n) is 5.68.